The van der Waals surface area contributed by atoms with Gasteiger partial charge in [-0.3, -0.25) is 4.79 Å². The van der Waals surface area contributed by atoms with E-state index in [1.165, 1.54) is 0 Å². The van der Waals surface area contributed by atoms with Crippen LogP contribution in [-0.2, 0) is 11.4 Å². The molecule has 3 rings (SSSR count). The number of aryl methyl sites for hydroxylation is 1. The van der Waals surface area contributed by atoms with Crippen LogP contribution in [0.5, 0.6) is 11.5 Å². The van der Waals surface area contributed by atoms with E-state index < -0.39 is 12.1 Å². The van der Waals surface area contributed by atoms with Crippen molar-refractivity contribution < 1.29 is 19.4 Å². The molecule has 7 heteroatoms. The predicted molar refractivity (Wildman–Crippen MR) is 122 cm³/mol. The first-order valence-corrected chi connectivity index (χ1v) is 10.8. The van der Waals surface area contributed by atoms with E-state index in [1.54, 1.807) is 29.5 Å². The molecule has 0 spiro atoms. The summed E-state index contributed by atoms with van der Waals surface area (Å²) in [5.74, 6) is 0.224. The first kappa shape index (κ1) is 21.8. The van der Waals surface area contributed by atoms with Gasteiger partial charge < -0.3 is 20.3 Å². The number of thiocarbonyl (C=S) groups is 1. The summed E-state index contributed by atoms with van der Waals surface area (Å²) in [5.41, 5.74) is 9.52. The van der Waals surface area contributed by atoms with E-state index in [9.17, 15) is 9.90 Å². The molecule has 0 amide bonds. The maximum Gasteiger partial charge on any atom is 0.303 e. The third-order valence-corrected chi connectivity index (χ3v) is 5.58. The molecule has 30 heavy (non-hydrogen) atoms. The molecule has 5 nitrogen and oxygen atoms in total. The third kappa shape index (κ3) is 5.81. The monoisotopic (exact) mass is 441 g/mol. The first-order valence-electron chi connectivity index (χ1n) is 9.45. The number of rotatable bonds is 10. The Hall–Kier alpha value is -2.90. The molecule has 0 aliphatic carbocycles. The van der Waals surface area contributed by atoms with Crippen molar-refractivity contribution in [2.24, 2.45) is 5.73 Å². The van der Waals surface area contributed by atoms with Gasteiger partial charge in [0.05, 0.1) is 5.56 Å². The minimum atomic E-state index is -0.875. The quantitative estimate of drug-likeness (QED) is 0.418. The lowest BCUT2D eigenvalue weighted by Crippen LogP contribution is -2.16. The van der Waals surface area contributed by atoms with Crippen molar-refractivity contribution in [1.82, 2.24) is 0 Å². The highest BCUT2D eigenvalue weighted by Crippen LogP contribution is 2.33. The summed E-state index contributed by atoms with van der Waals surface area (Å²) in [6, 6.07) is 15.1. The predicted octanol–water partition coefficient (Wildman–Crippen LogP) is 5.25. The molecule has 1 aromatic heterocycles. The fourth-order valence-electron chi connectivity index (χ4n) is 3.07. The second kappa shape index (κ2) is 10.2. The molecule has 0 aliphatic rings. The smallest absolute Gasteiger partial charge is 0.303 e. The van der Waals surface area contributed by atoms with Crippen molar-refractivity contribution >= 4 is 34.5 Å². The Morgan fingerprint density at radius 1 is 1.23 bits per heavy atom. The Morgan fingerprint density at radius 3 is 2.70 bits per heavy atom. The fraction of sp³-hybridized carbons (Fsp3) is 0.217. The van der Waals surface area contributed by atoms with Gasteiger partial charge in [0.25, 0.3) is 0 Å². The van der Waals surface area contributed by atoms with Gasteiger partial charge in [-0.1, -0.05) is 36.5 Å². The van der Waals surface area contributed by atoms with Crippen molar-refractivity contribution in [3.8, 4) is 11.5 Å². The Kier molecular flexibility index (Phi) is 7.43. The van der Waals surface area contributed by atoms with Crippen LogP contribution in [0, 0.1) is 6.92 Å². The van der Waals surface area contributed by atoms with E-state index in [0.29, 0.717) is 30.1 Å². The topological polar surface area (TPSA) is 81.8 Å². The van der Waals surface area contributed by atoms with Gasteiger partial charge in [0, 0.05) is 12.5 Å². The second-order valence-corrected chi connectivity index (χ2v) is 8.06. The summed E-state index contributed by atoms with van der Waals surface area (Å²) in [7, 11) is 0. The van der Waals surface area contributed by atoms with E-state index in [4.69, 9.17) is 27.4 Å². The number of aliphatic carboxylic acids is 1. The average molecular weight is 442 g/mol. The zero-order chi connectivity index (χ0) is 21.5. The maximum absolute atomic E-state index is 11.2. The van der Waals surface area contributed by atoms with E-state index in [1.807, 2.05) is 48.0 Å². The summed E-state index contributed by atoms with van der Waals surface area (Å²) in [6.45, 7) is 2.41. The second-order valence-electron chi connectivity index (χ2n) is 6.84. The van der Waals surface area contributed by atoms with Crippen LogP contribution in [0.3, 0.4) is 0 Å². The SMILES string of the molecule is Cc1ccccc1[C@H](CCC(=O)O)Oc1cc(OCc2ccsc2)ccc1C(N)=S. The molecule has 0 bridgehead atoms. The van der Waals surface area contributed by atoms with Gasteiger partial charge in [0.2, 0.25) is 0 Å². The highest BCUT2D eigenvalue weighted by Gasteiger charge is 2.20. The summed E-state index contributed by atoms with van der Waals surface area (Å²) < 4.78 is 12.2. The van der Waals surface area contributed by atoms with E-state index in [-0.39, 0.29) is 11.4 Å². The van der Waals surface area contributed by atoms with Crippen LogP contribution in [0.1, 0.15) is 41.2 Å². The van der Waals surface area contributed by atoms with Crippen molar-refractivity contribution in [3.63, 3.8) is 0 Å². The maximum atomic E-state index is 11.2. The number of benzene rings is 2. The molecule has 0 radical (unpaired) electrons. The zero-order valence-electron chi connectivity index (χ0n) is 16.5. The number of ether oxygens (including phenoxy) is 2. The van der Waals surface area contributed by atoms with Crippen LogP contribution in [0.25, 0.3) is 0 Å². The fourth-order valence-corrected chi connectivity index (χ4v) is 3.89. The van der Waals surface area contributed by atoms with E-state index in [2.05, 4.69) is 0 Å². The lowest BCUT2D eigenvalue weighted by Gasteiger charge is -2.23. The molecular formula is C23H23NO4S2. The zero-order valence-corrected chi connectivity index (χ0v) is 18.2. The summed E-state index contributed by atoms with van der Waals surface area (Å²) >= 11 is 6.80. The Bertz CT molecular complexity index is 1020. The van der Waals surface area contributed by atoms with Crippen LogP contribution in [-0.4, -0.2) is 16.1 Å². The Balaban J connectivity index is 1.88. The number of thiophene rings is 1. The Labute approximate surface area is 185 Å². The van der Waals surface area contributed by atoms with Gasteiger partial charge >= 0.3 is 5.97 Å². The molecular weight excluding hydrogens is 418 g/mol. The molecule has 1 atom stereocenters. The summed E-state index contributed by atoms with van der Waals surface area (Å²) in [4.78, 5) is 11.4. The van der Waals surface area contributed by atoms with Crippen LogP contribution in [0.2, 0.25) is 0 Å². The van der Waals surface area contributed by atoms with Crippen LogP contribution in [0.4, 0.5) is 0 Å². The van der Waals surface area contributed by atoms with Crippen molar-refractivity contribution in [2.75, 3.05) is 0 Å². The molecule has 3 N–H and O–H groups in total. The molecule has 0 saturated heterocycles. The van der Waals surface area contributed by atoms with Gasteiger partial charge in [0.15, 0.2) is 0 Å². The molecule has 3 aromatic rings. The van der Waals surface area contributed by atoms with Crippen molar-refractivity contribution in [1.29, 1.82) is 0 Å². The molecule has 0 saturated carbocycles. The normalized spacial score (nSPS) is 11.6. The third-order valence-electron chi connectivity index (χ3n) is 4.63. The minimum Gasteiger partial charge on any atom is -0.489 e. The van der Waals surface area contributed by atoms with Gasteiger partial charge in [0.1, 0.15) is 29.2 Å². The molecule has 2 aromatic carbocycles. The van der Waals surface area contributed by atoms with Gasteiger partial charge in [-0.15, -0.1) is 0 Å². The number of carboxylic acids is 1. The molecule has 0 aliphatic heterocycles. The molecule has 1 heterocycles. The summed E-state index contributed by atoms with van der Waals surface area (Å²) in [6.07, 6.45) is -0.158. The highest BCUT2D eigenvalue weighted by molar-refractivity contribution is 7.80. The number of nitrogens with two attached hydrogens (primary N) is 1. The number of hydrogen-bond acceptors (Lipinski definition) is 5. The van der Waals surface area contributed by atoms with Crippen LogP contribution >= 0.6 is 23.6 Å². The summed E-state index contributed by atoms with van der Waals surface area (Å²) in [5, 5.41) is 13.2. The minimum absolute atomic E-state index is 0.0181. The number of hydrogen-bond donors (Lipinski definition) is 2. The first-order chi connectivity index (χ1) is 14.4. The van der Waals surface area contributed by atoms with Gasteiger partial charge in [-0.05, 0) is 59.0 Å². The van der Waals surface area contributed by atoms with Crippen molar-refractivity contribution in [3.05, 3.63) is 81.5 Å². The standard InChI is InChI=1S/C23H23NO4S2/c1-15-4-2-3-5-18(15)20(8-9-22(25)26)28-21-12-17(6-7-19(21)23(24)29)27-13-16-10-11-30-14-16/h2-7,10-12,14,20H,8-9,13H2,1H3,(H2,24,29)(H,25,26)/t20-/m0/s1. The highest BCUT2D eigenvalue weighted by atomic mass is 32.1. The molecule has 0 unspecified atom stereocenters. The number of carbonyl (C=O) groups is 1. The average Bonchev–Trinajstić information content (AvgIpc) is 3.23. The van der Waals surface area contributed by atoms with Gasteiger partial charge in [-0.25, -0.2) is 0 Å². The van der Waals surface area contributed by atoms with E-state index >= 15 is 0 Å². The molecule has 156 valence electrons. The van der Waals surface area contributed by atoms with E-state index in [0.717, 1.165) is 16.7 Å². The van der Waals surface area contributed by atoms with Gasteiger partial charge in [-0.2, -0.15) is 11.3 Å². The largest absolute Gasteiger partial charge is 0.489 e. The number of carboxylic acid groups (broad SMARTS) is 1. The lowest BCUT2D eigenvalue weighted by atomic mass is 9.99. The molecule has 0 fully saturated rings. The Morgan fingerprint density at radius 2 is 2.03 bits per heavy atom. The van der Waals surface area contributed by atoms with Crippen LogP contribution in [0.15, 0.2) is 59.3 Å². The van der Waals surface area contributed by atoms with Crippen LogP contribution < -0.4 is 15.2 Å². The lowest BCUT2D eigenvalue weighted by molar-refractivity contribution is -0.137. The van der Waals surface area contributed by atoms with Crippen molar-refractivity contribution in [2.45, 2.75) is 32.5 Å².